The highest BCUT2D eigenvalue weighted by atomic mass is 32.2. The van der Waals surface area contributed by atoms with Crippen LogP contribution in [-0.2, 0) is 5.75 Å². The van der Waals surface area contributed by atoms with Crippen molar-refractivity contribution in [3.63, 3.8) is 0 Å². The number of benzene rings is 2. The average molecular weight is 419 g/mol. The van der Waals surface area contributed by atoms with E-state index in [1.54, 1.807) is 27.8 Å². The largest absolute Gasteiger partial charge is 0.335 e. The minimum Gasteiger partial charge on any atom is -0.335 e. The van der Waals surface area contributed by atoms with Crippen molar-refractivity contribution in [3.8, 4) is 0 Å². The van der Waals surface area contributed by atoms with Gasteiger partial charge in [-0.1, -0.05) is 30.3 Å². The van der Waals surface area contributed by atoms with E-state index < -0.39 is 0 Å². The van der Waals surface area contributed by atoms with Crippen molar-refractivity contribution in [1.82, 2.24) is 19.8 Å². The fraction of sp³-hybridized carbons (Fsp3) is 0.217. The Labute approximate surface area is 179 Å². The van der Waals surface area contributed by atoms with Crippen LogP contribution in [0.5, 0.6) is 0 Å². The topological polar surface area (TPSA) is 66.4 Å². The quantitative estimate of drug-likeness (QED) is 0.595. The fourth-order valence-electron chi connectivity index (χ4n) is 3.30. The summed E-state index contributed by atoms with van der Waals surface area (Å²) in [5.74, 6) is 0.756. The SMILES string of the molecule is O=C(c1ccc(SCc2ccccc2)cc1)N1CCN(C(=O)c2cnccn2)CC1. The molecule has 2 amide bonds. The smallest absolute Gasteiger partial charge is 0.274 e. The van der Waals surface area contributed by atoms with Crippen LogP contribution in [0.25, 0.3) is 0 Å². The van der Waals surface area contributed by atoms with Gasteiger partial charge in [-0.05, 0) is 29.8 Å². The number of piperazine rings is 1. The molecule has 1 aliphatic heterocycles. The van der Waals surface area contributed by atoms with Gasteiger partial charge >= 0.3 is 0 Å². The monoisotopic (exact) mass is 418 g/mol. The molecule has 1 saturated heterocycles. The van der Waals surface area contributed by atoms with Gasteiger partial charge in [0.15, 0.2) is 0 Å². The lowest BCUT2D eigenvalue weighted by Gasteiger charge is -2.34. The van der Waals surface area contributed by atoms with Crippen LogP contribution in [0.2, 0.25) is 0 Å². The summed E-state index contributed by atoms with van der Waals surface area (Å²) in [7, 11) is 0. The summed E-state index contributed by atoms with van der Waals surface area (Å²) in [6.45, 7) is 2.00. The fourth-order valence-corrected chi connectivity index (χ4v) is 4.16. The number of thioether (sulfide) groups is 1. The Balaban J connectivity index is 1.30. The van der Waals surface area contributed by atoms with E-state index in [0.717, 1.165) is 10.6 Å². The van der Waals surface area contributed by atoms with Gasteiger partial charge in [-0.15, -0.1) is 11.8 Å². The third-order valence-electron chi connectivity index (χ3n) is 4.99. The minimum absolute atomic E-state index is 0.00112. The van der Waals surface area contributed by atoms with E-state index in [1.165, 1.54) is 18.0 Å². The van der Waals surface area contributed by atoms with Crippen molar-refractivity contribution in [3.05, 3.63) is 90.0 Å². The number of hydrogen-bond acceptors (Lipinski definition) is 5. The molecule has 4 rings (SSSR count). The maximum atomic E-state index is 12.8. The maximum Gasteiger partial charge on any atom is 0.274 e. The molecule has 0 saturated carbocycles. The van der Waals surface area contributed by atoms with Gasteiger partial charge in [0.05, 0.1) is 6.20 Å². The van der Waals surface area contributed by atoms with Gasteiger partial charge < -0.3 is 9.80 Å². The maximum absolute atomic E-state index is 12.8. The average Bonchev–Trinajstić information content (AvgIpc) is 2.83. The Morgan fingerprint density at radius 2 is 1.50 bits per heavy atom. The predicted molar refractivity (Wildman–Crippen MR) is 116 cm³/mol. The predicted octanol–water partition coefficient (Wildman–Crippen LogP) is 3.37. The molecule has 152 valence electrons. The van der Waals surface area contributed by atoms with Gasteiger partial charge in [0.25, 0.3) is 11.8 Å². The lowest BCUT2D eigenvalue weighted by molar-refractivity contribution is 0.0532. The molecule has 1 aromatic heterocycles. The number of amides is 2. The second-order valence-corrected chi connectivity index (χ2v) is 8.02. The van der Waals surface area contributed by atoms with Crippen molar-refractivity contribution >= 4 is 23.6 Å². The number of hydrogen-bond donors (Lipinski definition) is 0. The third-order valence-corrected chi connectivity index (χ3v) is 6.07. The highest BCUT2D eigenvalue weighted by Gasteiger charge is 2.26. The molecule has 3 aromatic rings. The number of rotatable bonds is 5. The van der Waals surface area contributed by atoms with Crippen LogP contribution in [0.1, 0.15) is 26.4 Å². The summed E-state index contributed by atoms with van der Waals surface area (Å²) in [6, 6.07) is 18.1. The van der Waals surface area contributed by atoms with E-state index in [0.29, 0.717) is 37.4 Å². The Bertz CT molecular complexity index is 989. The molecule has 0 atom stereocenters. The van der Waals surface area contributed by atoms with Crippen molar-refractivity contribution in [2.24, 2.45) is 0 Å². The van der Waals surface area contributed by atoms with Crippen LogP contribution in [0.15, 0.2) is 78.1 Å². The molecule has 1 fully saturated rings. The molecule has 6 nitrogen and oxygen atoms in total. The molecule has 7 heteroatoms. The Hall–Kier alpha value is -3.19. The van der Waals surface area contributed by atoms with E-state index in [4.69, 9.17) is 0 Å². The Morgan fingerprint density at radius 3 is 2.13 bits per heavy atom. The van der Waals surface area contributed by atoms with Gasteiger partial charge in [0.2, 0.25) is 0 Å². The summed E-state index contributed by atoms with van der Waals surface area (Å²) in [4.78, 5) is 38.0. The molecule has 0 radical (unpaired) electrons. The first-order valence-corrected chi connectivity index (χ1v) is 10.8. The van der Waals surface area contributed by atoms with Crippen LogP contribution >= 0.6 is 11.8 Å². The van der Waals surface area contributed by atoms with Gasteiger partial charge in [0.1, 0.15) is 5.69 Å². The minimum atomic E-state index is -0.144. The van der Waals surface area contributed by atoms with Crippen LogP contribution in [0.3, 0.4) is 0 Å². The summed E-state index contributed by atoms with van der Waals surface area (Å²) in [5, 5.41) is 0. The van der Waals surface area contributed by atoms with Gasteiger partial charge in [-0.3, -0.25) is 14.6 Å². The van der Waals surface area contributed by atoms with Gasteiger partial charge in [-0.2, -0.15) is 0 Å². The number of aromatic nitrogens is 2. The third kappa shape index (κ3) is 4.86. The number of carbonyl (C=O) groups is 2. The van der Waals surface area contributed by atoms with Gasteiger partial charge in [-0.25, -0.2) is 4.98 Å². The first kappa shape index (κ1) is 20.1. The summed E-state index contributed by atoms with van der Waals surface area (Å²) in [5.41, 5.74) is 2.28. The summed E-state index contributed by atoms with van der Waals surface area (Å²) < 4.78 is 0. The molecule has 0 aliphatic carbocycles. The van der Waals surface area contributed by atoms with E-state index in [1.807, 2.05) is 42.5 Å². The zero-order valence-corrected chi connectivity index (χ0v) is 17.3. The van der Waals surface area contributed by atoms with Crippen molar-refractivity contribution in [2.45, 2.75) is 10.6 Å². The van der Waals surface area contributed by atoms with Crippen LogP contribution in [-0.4, -0.2) is 57.8 Å². The highest BCUT2D eigenvalue weighted by Crippen LogP contribution is 2.23. The molecule has 1 aliphatic rings. The molecule has 2 aromatic carbocycles. The first-order chi connectivity index (χ1) is 14.7. The van der Waals surface area contributed by atoms with E-state index in [9.17, 15) is 9.59 Å². The Kier molecular flexibility index (Phi) is 6.39. The standard InChI is InChI=1S/C23H22N4O2S/c28-22(19-6-8-20(9-7-19)30-17-18-4-2-1-3-5-18)26-12-14-27(15-13-26)23(29)21-16-24-10-11-25-21/h1-11,16H,12-15,17H2. The van der Waals surface area contributed by atoms with E-state index in [-0.39, 0.29) is 11.8 Å². The molecule has 2 heterocycles. The van der Waals surface area contributed by atoms with Crippen LogP contribution in [0.4, 0.5) is 0 Å². The summed E-state index contributed by atoms with van der Waals surface area (Å²) in [6.07, 6.45) is 4.52. The molecule has 0 N–H and O–H groups in total. The summed E-state index contributed by atoms with van der Waals surface area (Å²) >= 11 is 1.75. The van der Waals surface area contributed by atoms with Crippen molar-refractivity contribution < 1.29 is 9.59 Å². The molecule has 0 spiro atoms. The van der Waals surface area contributed by atoms with E-state index >= 15 is 0 Å². The molecule has 30 heavy (non-hydrogen) atoms. The van der Waals surface area contributed by atoms with Crippen molar-refractivity contribution in [2.75, 3.05) is 26.2 Å². The van der Waals surface area contributed by atoms with Crippen LogP contribution in [0, 0.1) is 0 Å². The van der Waals surface area contributed by atoms with Gasteiger partial charge in [0, 0.05) is 54.8 Å². The normalized spacial score (nSPS) is 13.9. The second-order valence-electron chi connectivity index (χ2n) is 6.97. The lowest BCUT2D eigenvalue weighted by Crippen LogP contribution is -2.50. The molecular formula is C23H22N4O2S. The van der Waals surface area contributed by atoms with E-state index in [2.05, 4.69) is 22.1 Å². The molecular weight excluding hydrogens is 396 g/mol. The van der Waals surface area contributed by atoms with Crippen molar-refractivity contribution in [1.29, 1.82) is 0 Å². The zero-order chi connectivity index (χ0) is 20.8. The molecule has 0 unspecified atom stereocenters. The Morgan fingerprint density at radius 1 is 0.833 bits per heavy atom. The zero-order valence-electron chi connectivity index (χ0n) is 16.5. The van der Waals surface area contributed by atoms with Crippen LogP contribution < -0.4 is 0 Å². The molecule has 0 bridgehead atoms. The second kappa shape index (κ2) is 9.54. The number of nitrogens with zero attached hydrogens (tertiary/aromatic N) is 4. The first-order valence-electron chi connectivity index (χ1n) is 9.82. The highest BCUT2D eigenvalue weighted by molar-refractivity contribution is 7.98. The number of carbonyl (C=O) groups excluding carboxylic acids is 2. The lowest BCUT2D eigenvalue weighted by atomic mass is 10.2.